The molecule has 1 N–H and O–H groups in total. The van der Waals surface area contributed by atoms with Gasteiger partial charge in [0.25, 0.3) is 11.6 Å². The molecule has 0 unspecified atom stereocenters. The first kappa shape index (κ1) is 16.6. The number of nitro groups is 1. The van der Waals surface area contributed by atoms with Crippen LogP contribution in [0.5, 0.6) is 0 Å². The van der Waals surface area contributed by atoms with Gasteiger partial charge in [-0.05, 0) is 17.2 Å². The Morgan fingerprint density at radius 3 is 2.56 bits per heavy atom. The van der Waals surface area contributed by atoms with Crippen molar-refractivity contribution in [3.63, 3.8) is 0 Å². The van der Waals surface area contributed by atoms with Crippen molar-refractivity contribution in [1.82, 2.24) is 10.2 Å². The third-order valence-electron chi connectivity index (χ3n) is 4.36. The number of carbonyl (C=O) groups excluding carboxylic acids is 2. The van der Waals surface area contributed by atoms with Gasteiger partial charge in [-0.2, -0.15) is 0 Å². The highest BCUT2D eigenvalue weighted by Gasteiger charge is 2.34. The second-order valence-electron chi connectivity index (χ2n) is 5.84. The fraction of sp³-hybridized carbons (Fsp3) is 0.222. The Hall–Kier alpha value is -3.22. The third-order valence-corrected chi connectivity index (χ3v) is 4.36. The van der Waals surface area contributed by atoms with E-state index in [0.29, 0.717) is 6.42 Å². The molecule has 0 saturated carbocycles. The van der Waals surface area contributed by atoms with Gasteiger partial charge < -0.3 is 10.2 Å². The second kappa shape index (κ2) is 6.72. The number of carbonyl (C=O) groups is 2. The number of nitro benzene ring substituents is 1. The molecule has 128 valence electrons. The highest BCUT2D eigenvalue weighted by atomic mass is 16.6. The molecule has 0 aromatic heterocycles. The van der Waals surface area contributed by atoms with Crippen molar-refractivity contribution >= 4 is 17.5 Å². The summed E-state index contributed by atoms with van der Waals surface area (Å²) >= 11 is 0. The molecule has 1 aliphatic rings. The van der Waals surface area contributed by atoms with Gasteiger partial charge in [0.05, 0.1) is 4.92 Å². The topological polar surface area (TPSA) is 92.6 Å². The summed E-state index contributed by atoms with van der Waals surface area (Å²) in [7, 11) is 1.53. The molecule has 1 atom stereocenters. The number of nitrogens with zero attached hydrogens (tertiary/aromatic N) is 2. The van der Waals surface area contributed by atoms with E-state index in [-0.39, 0.29) is 23.7 Å². The molecule has 0 bridgehead atoms. The Labute approximate surface area is 144 Å². The Balaban J connectivity index is 1.98. The van der Waals surface area contributed by atoms with Crippen molar-refractivity contribution in [2.45, 2.75) is 19.0 Å². The summed E-state index contributed by atoms with van der Waals surface area (Å²) in [5.41, 5.74) is 2.04. The van der Waals surface area contributed by atoms with Crippen LogP contribution >= 0.6 is 0 Å². The molecule has 25 heavy (non-hydrogen) atoms. The summed E-state index contributed by atoms with van der Waals surface area (Å²) in [6, 6.07) is 12.6. The van der Waals surface area contributed by atoms with Crippen LogP contribution in [0.3, 0.4) is 0 Å². The molecule has 0 spiro atoms. The molecule has 0 aliphatic carbocycles. The highest BCUT2D eigenvalue weighted by molar-refractivity contribution is 5.98. The maximum absolute atomic E-state index is 12.9. The van der Waals surface area contributed by atoms with Crippen molar-refractivity contribution in [3.8, 4) is 0 Å². The number of hydrogen-bond donors (Lipinski definition) is 1. The van der Waals surface area contributed by atoms with Gasteiger partial charge in [0.2, 0.25) is 5.91 Å². The number of likely N-dealkylation sites (N-methyl/N-ethyl adjacent to an activating group) is 1. The van der Waals surface area contributed by atoms with Gasteiger partial charge in [-0.15, -0.1) is 0 Å². The van der Waals surface area contributed by atoms with E-state index in [0.717, 1.165) is 11.1 Å². The first-order valence-electron chi connectivity index (χ1n) is 7.85. The van der Waals surface area contributed by atoms with Crippen LogP contribution in [0, 0.1) is 10.1 Å². The summed E-state index contributed by atoms with van der Waals surface area (Å²) in [5.74, 6) is -0.653. The first-order chi connectivity index (χ1) is 12.0. The lowest BCUT2D eigenvalue weighted by Crippen LogP contribution is -2.51. The predicted octanol–water partition coefficient (Wildman–Crippen LogP) is 1.91. The second-order valence-corrected chi connectivity index (χ2v) is 5.84. The van der Waals surface area contributed by atoms with E-state index >= 15 is 0 Å². The number of fused-ring (bicyclic) bond motifs is 1. The quantitative estimate of drug-likeness (QED) is 0.683. The van der Waals surface area contributed by atoms with Crippen molar-refractivity contribution < 1.29 is 14.5 Å². The number of hydrogen-bond acceptors (Lipinski definition) is 4. The summed E-state index contributed by atoms with van der Waals surface area (Å²) in [4.78, 5) is 37.1. The summed E-state index contributed by atoms with van der Waals surface area (Å²) in [6.07, 6.45) is 0.413. The smallest absolute Gasteiger partial charge is 0.270 e. The maximum atomic E-state index is 12.9. The van der Waals surface area contributed by atoms with Crippen LogP contribution in [0.25, 0.3) is 0 Å². The van der Waals surface area contributed by atoms with Gasteiger partial charge in [-0.1, -0.05) is 30.3 Å². The molecule has 1 aliphatic heterocycles. The fourth-order valence-electron chi connectivity index (χ4n) is 3.06. The maximum Gasteiger partial charge on any atom is 0.270 e. The normalized spacial score (nSPS) is 16.0. The summed E-state index contributed by atoms with van der Waals surface area (Å²) < 4.78 is 0. The zero-order valence-electron chi connectivity index (χ0n) is 13.6. The van der Waals surface area contributed by atoms with Gasteiger partial charge in [0, 0.05) is 37.7 Å². The number of nitrogens with one attached hydrogen (secondary N) is 1. The third kappa shape index (κ3) is 3.21. The molecule has 0 fully saturated rings. The number of benzene rings is 2. The van der Waals surface area contributed by atoms with Crippen molar-refractivity contribution in [3.05, 3.63) is 75.3 Å². The minimum absolute atomic E-state index is 0.153. The highest BCUT2D eigenvalue weighted by Crippen LogP contribution is 2.26. The standard InChI is InChI=1S/C18H17N3O4/c1-19-17(22)16-10-12-5-2-3-6-14(12)11-20(16)18(23)13-7-4-8-15(9-13)21(24)25/h2-9,16H,10-11H2,1H3,(H,19,22)/t16-/m0/s1. The van der Waals surface area contributed by atoms with Gasteiger partial charge in [0.1, 0.15) is 6.04 Å². The fourth-order valence-corrected chi connectivity index (χ4v) is 3.06. The lowest BCUT2D eigenvalue weighted by molar-refractivity contribution is -0.384. The zero-order valence-corrected chi connectivity index (χ0v) is 13.6. The number of amides is 2. The Kier molecular flexibility index (Phi) is 4.47. The average molecular weight is 339 g/mol. The lowest BCUT2D eigenvalue weighted by Gasteiger charge is -2.35. The van der Waals surface area contributed by atoms with Crippen LogP contribution in [0.1, 0.15) is 21.5 Å². The molecule has 7 nitrogen and oxygen atoms in total. The van der Waals surface area contributed by atoms with Crippen LogP contribution < -0.4 is 5.32 Å². The predicted molar refractivity (Wildman–Crippen MR) is 91.0 cm³/mol. The summed E-state index contributed by atoms with van der Waals surface area (Å²) in [6.45, 7) is 0.287. The van der Waals surface area contributed by atoms with Crippen LogP contribution in [-0.4, -0.2) is 34.7 Å². The first-order valence-corrected chi connectivity index (χ1v) is 7.85. The molecule has 3 rings (SSSR count). The van der Waals surface area contributed by atoms with E-state index in [2.05, 4.69) is 5.32 Å². The number of non-ortho nitro benzene ring substituents is 1. The molecule has 0 saturated heterocycles. The largest absolute Gasteiger partial charge is 0.357 e. The van der Waals surface area contributed by atoms with E-state index in [9.17, 15) is 19.7 Å². The van der Waals surface area contributed by atoms with Crippen molar-refractivity contribution in [2.24, 2.45) is 0 Å². The van der Waals surface area contributed by atoms with Gasteiger partial charge in [0.15, 0.2) is 0 Å². The van der Waals surface area contributed by atoms with Crippen molar-refractivity contribution in [2.75, 3.05) is 7.05 Å². The SMILES string of the molecule is CNC(=O)[C@@H]1Cc2ccccc2CN1C(=O)c1cccc([N+](=O)[O-])c1. The molecule has 2 aromatic carbocycles. The minimum atomic E-state index is -0.647. The molecule has 2 aromatic rings. The molecule has 7 heteroatoms. The molecular formula is C18H17N3O4. The van der Waals surface area contributed by atoms with E-state index < -0.39 is 16.9 Å². The van der Waals surface area contributed by atoms with E-state index in [1.165, 1.54) is 36.2 Å². The van der Waals surface area contributed by atoms with Gasteiger partial charge >= 0.3 is 0 Å². The van der Waals surface area contributed by atoms with Crippen LogP contribution in [0.15, 0.2) is 48.5 Å². The van der Waals surface area contributed by atoms with Crippen LogP contribution in [0.2, 0.25) is 0 Å². The van der Waals surface area contributed by atoms with Gasteiger partial charge in [-0.25, -0.2) is 0 Å². The Morgan fingerprint density at radius 2 is 1.88 bits per heavy atom. The molecular weight excluding hydrogens is 322 g/mol. The molecule has 2 amide bonds. The zero-order chi connectivity index (χ0) is 18.0. The van der Waals surface area contributed by atoms with Crippen LogP contribution in [-0.2, 0) is 17.8 Å². The molecule has 0 radical (unpaired) electrons. The van der Waals surface area contributed by atoms with E-state index in [1.807, 2.05) is 24.3 Å². The minimum Gasteiger partial charge on any atom is -0.357 e. The summed E-state index contributed by atoms with van der Waals surface area (Å²) in [5, 5.41) is 13.5. The molecule has 1 heterocycles. The van der Waals surface area contributed by atoms with E-state index in [4.69, 9.17) is 0 Å². The number of rotatable bonds is 3. The van der Waals surface area contributed by atoms with Crippen molar-refractivity contribution in [1.29, 1.82) is 0 Å². The lowest BCUT2D eigenvalue weighted by atomic mass is 9.92. The van der Waals surface area contributed by atoms with Crippen LogP contribution in [0.4, 0.5) is 5.69 Å². The Morgan fingerprint density at radius 1 is 1.16 bits per heavy atom. The van der Waals surface area contributed by atoms with Gasteiger partial charge in [-0.3, -0.25) is 19.7 Å². The van der Waals surface area contributed by atoms with E-state index in [1.54, 1.807) is 0 Å². The Bertz CT molecular complexity index is 850. The monoisotopic (exact) mass is 339 g/mol. The average Bonchev–Trinajstić information content (AvgIpc) is 2.65.